The second-order valence-corrected chi connectivity index (χ2v) is 5.68. The zero-order valence-corrected chi connectivity index (χ0v) is 12.8. The Bertz CT molecular complexity index is 604. The molecule has 1 aliphatic heterocycles. The van der Waals surface area contributed by atoms with Crippen molar-refractivity contribution in [1.29, 1.82) is 0 Å². The number of rotatable bonds is 6. The van der Waals surface area contributed by atoms with Crippen molar-refractivity contribution in [2.24, 2.45) is 0 Å². The van der Waals surface area contributed by atoms with Crippen LogP contribution in [0, 0.1) is 0 Å². The molecule has 0 spiro atoms. The smallest absolute Gasteiger partial charge is 0.439 e. The van der Waals surface area contributed by atoms with Gasteiger partial charge in [-0.25, -0.2) is 4.39 Å². The van der Waals surface area contributed by atoms with Gasteiger partial charge in [-0.2, -0.15) is 22.0 Å². The molecule has 1 aromatic rings. The molecule has 0 aliphatic carbocycles. The highest BCUT2D eigenvalue weighted by Gasteiger charge is 2.59. The maximum absolute atomic E-state index is 13.2. The molecule has 1 heterocycles. The van der Waals surface area contributed by atoms with E-state index in [4.69, 9.17) is 5.11 Å². The standard InChI is InChI=1S/C15H15F6NO3/c16-13(14(17,18)19)15(20,21)25-10-5-3-9(4-6-10)8-22-7-1-2-11(22)12(23)24/h3-6,11,13H,1-2,7-8H2,(H,23,24)/t11-,13?/m0/s1. The molecule has 140 valence electrons. The second kappa shape index (κ2) is 7.11. The molecule has 0 saturated carbocycles. The van der Waals surface area contributed by atoms with Gasteiger partial charge in [0.1, 0.15) is 11.8 Å². The van der Waals surface area contributed by atoms with Crippen molar-refractivity contribution in [3.63, 3.8) is 0 Å². The number of halogens is 6. The summed E-state index contributed by atoms with van der Waals surface area (Å²) in [5.41, 5.74) is 0.566. The molecule has 1 aliphatic rings. The van der Waals surface area contributed by atoms with E-state index in [1.54, 1.807) is 4.90 Å². The quantitative estimate of drug-likeness (QED) is 0.777. The molecule has 10 heteroatoms. The van der Waals surface area contributed by atoms with Crippen LogP contribution >= 0.6 is 0 Å². The number of aliphatic carboxylic acids is 1. The first-order valence-electron chi connectivity index (χ1n) is 7.34. The van der Waals surface area contributed by atoms with E-state index in [2.05, 4.69) is 4.74 Å². The van der Waals surface area contributed by atoms with Crippen LogP contribution in [0.5, 0.6) is 5.75 Å². The van der Waals surface area contributed by atoms with Crippen molar-refractivity contribution in [3.8, 4) is 5.75 Å². The van der Waals surface area contributed by atoms with Gasteiger partial charge in [0.2, 0.25) is 0 Å². The third kappa shape index (κ3) is 4.77. The number of carbonyl (C=O) groups is 1. The number of ether oxygens (including phenoxy) is 1. The Balaban J connectivity index is 2.01. The topological polar surface area (TPSA) is 49.8 Å². The molecule has 0 radical (unpaired) electrons. The van der Waals surface area contributed by atoms with E-state index in [0.29, 0.717) is 24.9 Å². The molecule has 0 aromatic heterocycles. The molecule has 0 amide bonds. The largest absolute Gasteiger partial charge is 0.480 e. The molecule has 25 heavy (non-hydrogen) atoms. The van der Waals surface area contributed by atoms with Gasteiger partial charge in [-0.05, 0) is 37.1 Å². The average molecular weight is 371 g/mol. The highest BCUT2D eigenvalue weighted by atomic mass is 19.4. The van der Waals surface area contributed by atoms with E-state index in [-0.39, 0.29) is 6.54 Å². The molecule has 2 atom stereocenters. The Labute approximate surface area is 139 Å². The molecule has 4 nitrogen and oxygen atoms in total. The average Bonchev–Trinajstić information content (AvgIpc) is 2.95. The summed E-state index contributed by atoms with van der Waals surface area (Å²) in [6.07, 6.45) is -14.0. The number of alkyl halides is 6. The Morgan fingerprint density at radius 1 is 1.24 bits per heavy atom. The Morgan fingerprint density at radius 3 is 2.36 bits per heavy atom. The summed E-state index contributed by atoms with van der Waals surface area (Å²) in [6, 6.07) is 3.95. The van der Waals surface area contributed by atoms with Crippen molar-refractivity contribution in [3.05, 3.63) is 29.8 Å². The summed E-state index contributed by atoms with van der Waals surface area (Å²) < 4.78 is 79.1. The molecule has 1 saturated heterocycles. The predicted molar refractivity (Wildman–Crippen MR) is 74.0 cm³/mol. The number of carboxylic acid groups (broad SMARTS) is 1. The van der Waals surface area contributed by atoms with Gasteiger partial charge in [-0.1, -0.05) is 12.1 Å². The van der Waals surface area contributed by atoms with Crippen molar-refractivity contribution in [1.82, 2.24) is 4.90 Å². The molecule has 1 N–H and O–H groups in total. The maximum Gasteiger partial charge on any atom is 0.439 e. The van der Waals surface area contributed by atoms with Crippen molar-refractivity contribution >= 4 is 5.97 Å². The summed E-state index contributed by atoms with van der Waals surface area (Å²) in [5.74, 6) is -1.59. The predicted octanol–water partition coefficient (Wildman–Crippen LogP) is 3.61. The summed E-state index contributed by atoms with van der Waals surface area (Å²) in [4.78, 5) is 12.8. The Hall–Kier alpha value is -1.97. The van der Waals surface area contributed by atoms with E-state index in [1.165, 1.54) is 12.1 Å². The Kier molecular flexibility index (Phi) is 5.50. The fraction of sp³-hybridized carbons (Fsp3) is 0.533. The molecular formula is C15H15F6NO3. The highest BCUT2D eigenvalue weighted by molar-refractivity contribution is 5.73. The molecule has 1 unspecified atom stereocenters. The van der Waals surface area contributed by atoms with Crippen molar-refractivity contribution in [2.75, 3.05) is 6.54 Å². The fourth-order valence-electron chi connectivity index (χ4n) is 2.59. The van der Waals surface area contributed by atoms with Crippen LogP contribution in [-0.4, -0.2) is 47.0 Å². The van der Waals surface area contributed by atoms with Gasteiger partial charge in [-0.15, -0.1) is 0 Å². The lowest BCUT2D eigenvalue weighted by Crippen LogP contribution is -2.45. The second-order valence-electron chi connectivity index (χ2n) is 5.68. The van der Waals surface area contributed by atoms with E-state index < -0.39 is 36.2 Å². The molecular weight excluding hydrogens is 356 g/mol. The highest BCUT2D eigenvalue weighted by Crippen LogP contribution is 2.36. The number of hydrogen-bond donors (Lipinski definition) is 1. The van der Waals surface area contributed by atoms with Gasteiger partial charge in [-0.3, -0.25) is 9.69 Å². The van der Waals surface area contributed by atoms with E-state index in [1.807, 2.05) is 0 Å². The lowest BCUT2D eigenvalue weighted by Gasteiger charge is -2.23. The fourth-order valence-corrected chi connectivity index (χ4v) is 2.59. The van der Waals surface area contributed by atoms with Crippen molar-refractivity contribution in [2.45, 2.75) is 43.9 Å². The van der Waals surface area contributed by atoms with Crippen LogP contribution in [0.4, 0.5) is 26.3 Å². The van der Waals surface area contributed by atoms with Crippen LogP contribution in [0.3, 0.4) is 0 Å². The summed E-state index contributed by atoms with van der Waals surface area (Å²) >= 11 is 0. The van der Waals surface area contributed by atoms with Gasteiger partial charge in [0.05, 0.1) is 0 Å². The van der Waals surface area contributed by atoms with Gasteiger partial charge in [0.25, 0.3) is 6.17 Å². The molecule has 1 aromatic carbocycles. The summed E-state index contributed by atoms with van der Waals surface area (Å²) in [6.45, 7) is 0.796. The normalized spacial score (nSPS) is 20.5. The number of nitrogens with zero attached hydrogens (tertiary/aromatic N) is 1. The lowest BCUT2D eigenvalue weighted by molar-refractivity contribution is -0.304. The van der Waals surface area contributed by atoms with Gasteiger partial charge < -0.3 is 9.84 Å². The number of carboxylic acids is 1. The first-order chi connectivity index (χ1) is 11.5. The number of likely N-dealkylation sites (tertiary alicyclic amines) is 1. The van der Waals surface area contributed by atoms with Crippen molar-refractivity contribution < 1.29 is 41.0 Å². The summed E-state index contributed by atoms with van der Waals surface area (Å²) in [7, 11) is 0. The maximum atomic E-state index is 13.2. The SMILES string of the molecule is O=C(O)[C@@H]1CCCN1Cc1ccc(OC(F)(F)C(F)C(F)(F)F)cc1. The van der Waals surface area contributed by atoms with Crippen LogP contribution < -0.4 is 4.74 Å². The zero-order chi connectivity index (χ0) is 18.8. The molecule has 0 bridgehead atoms. The monoisotopic (exact) mass is 371 g/mol. The van der Waals surface area contributed by atoms with Crippen LogP contribution in [-0.2, 0) is 11.3 Å². The van der Waals surface area contributed by atoms with Gasteiger partial charge in [0.15, 0.2) is 0 Å². The van der Waals surface area contributed by atoms with E-state index >= 15 is 0 Å². The first-order valence-corrected chi connectivity index (χ1v) is 7.34. The van der Waals surface area contributed by atoms with Crippen LogP contribution in [0.15, 0.2) is 24.3 Å². The van der Waals surface area contributed by atoms with Gasteiger partial charge >= 0.3 is 18.3 Å². The Morgan fingerprint density at radius 2 is 1.84 bits per heavy atom. The number of hydrogen-bond acceptors (Lipinski definition) is 3. The molecule has 1 fully saturated rings. The third-order valence-corrected chi connectivity index (χ3v) is 3.79. The van der Waals surface area contributed by atoms with Crippen LogP contribution in [0.1, 0.15) is 18.4 Å². The molecule has 2 rings (SSSR count). The van der Waals surface area contributed by atoms with E-state index in [9.17, 15) is 31.1 Å². The number of benzene rings is 1. The van der Waals surface area contributed by atoms with Crippen LogP contribution in [0.25, 0.3) is 0 Å². The minimum absolute atomic E-state index is 0.238. The van der Waals surface area contributed by atoms with E-state index in [0.717, 1.165) is 12.1 Å². The zero-order valence-electron chi connectivity index (χ0n) is 12.8. The minimum atomic E-state index is -5.75. The lowest BCUT2D eigenvalue weighted by atomic mass is 10.2. The summed E-state index contributed by atoms with van der Waals surface area (Å²) in [5, 5.41) is 9.08. The third-order valence-electron chi connectivity index (χ3n) is 3.79. The minimum Gasteiger partial charge on any atom is -0.480 e. The first kappa shape index (κ1) is 19.4. The van der Waals surface area contributed by atoms with Crippen LogP contribution in [0.2, 0.25) is 0 Å². The van der Waals surface area contributed by atoms with Gasteiger partial charge in [0, 0.05) is 6.54 Å².